The zero-order valence-electron chi connectivity index (χ0n) is 7.89. The number of rotatable bonds is 2. The van der Waals surface area contributed by atoms with Gasteiger partial charge in [-0.15, -0.1) is 0 Å². The van der Waals surface area contributed by atoms with Gasteiger partial charge in [0.2, 0.25) is 5.91 Å². The number of carbonyl (C=O) groups is 2. The van der Waals surface area contributed by atoms with Crippen LogP contribution < -0.4 is 5.32 Å². The van der Waals surface area contributed by atoms with Crippen LogP contribution >= 0.6 is 15.9 Å². The maximum atomic E-state index is 11.8. The largest absolute Gasteiger partial charge is 0.354 e. The third-order valence-corrected chi connectivity index (χ3v) is 3.58. The number of nitrogens with one attached hydrogen (secondary N) is 1. The molecule has 1 heterocycles. The summed E-state index contributed by atoms with van der Waals surface area (Å²) in [4.78, 5) is 23.2. The lowest BCUT2D eigenvalue weighted by atomic mass is 9.74. The smallest absolute Gasteiger partial charge is 0.233 e. The maximum absolute atomic E-state index is 11.8. The van der Waals surface area contributed by atoms with E-state index in [4.69, 9.17) is 0 Å². The SMILES string of the molecule is CCC1(CC)C(=O)NCC(Br)C1=O. The second-order valence-corrected chi connectivity index (χ2v) is 4.44. The molecule has 1 rings (SSSR count). The zero-order valence-corrected chi connectivity index (χ0v) is 9.48. The molecule has 1 aliphatic rings. The molecule has 0 radical (unpaired) electrons. The van der Waals surface area contributed by atoms with Gasteiger partial charge in [-0.25, -0.2) is 0 Å². The van der Waals surface area contributed by atoms with E-state index in [9.17, 15) is 9.59 Å². The molecule has 13 heavy (non-hydrogen) atoms. The second-order valence-electron chi connectivity index (χ2n) is 3.33. The van der Waals surface area contributed by atoms with Crippen molar-refractivity contribution in [2.24, 2.45) is 5.41 Å². The molecule has 0 aromatic heterocycles. The quantitative estimate of drug-likeness (QED) is 0.590. The molecule has 1 N–H and O–H groups in total. The van der Waals surface area contributed by atoms with Gasteiger partial charge < -0.3 is 5.32 Å². The van der Waals surface area contributed by atoms with Crippen LogP contribution in [0.1, 0.15) is 26.7 Å². The van der Waals surface area contributed by atoms with Gasteiger partial charge in [-0.2, -0.15) is 0 Å². The molecule has 1 amide bonds. The first-order chi connectivity index (χ1) is 6.08. The van der Waals surface area contributed by atoms with Crippen LogP contribution in [0, 0.1) is 5.41 Å². The summed E-state index contributed by atoms with van der Waals surface area (Å²) in [6.07, 6.45) is 1.16. The van der Waals surface area contributed by atoms with E-state index in [0.717, 1.165) is 0 Å². The number of halogens is 1. The molecule has 74 valence electrons. The average Bonchev–Trinajstić information content (AvgIpc) is 2.15. The molecule has 1 aliphatic heterocycles. The highest BCUT2D eigenvalue weighted by molar-refractivity contribution is 9.10. The van der Waals surface area contributed by atoms with Crippen molar-refractivity contribution in [1.29, 1.82) is 0 Å². The summed E-state index contributed by atoms with van der Waals surface area (Å²) >= 11 is 3.27. The van der Waals surface area contributed by atoms with Gasteiger partial charge in [0.1, 0.15) is 5.41 Å². The Morgan fingerprint density at radius 1 is 1.46 bits per heavy atom. The summed E-state index contributed by atoms with van der Waals surface area (Å²) in [5.41, 5.74) is -0.785. The molecule has 1 unspecified atom stereocenters. The van der Waals surface area contributed by atoms with Crippen LogP contribution in [0.4, 0.5) is 0 Å². The molecule has 1 saturated heterocycles. The predicted octanol–water partition coefficient (Wildman–Crippen LogP) is 1.26. The van der Waals surface area contributed by atoms with E-state index in [-0.39, 0.29) is 16.5 Å². The highest BCUT2D eigenvalue weighted by Gasteiger charge is 2.47. The third kappa shape index (κ3) is 1.52. The Hall–Kier alpha value is -0.380. The Morgan fingerprint density at radius 3 is 2.38 bits per heavy atom. The molecule has 4 heteroatoms. The summed E-state index contributed by atoms with van der Waals surface area (Å²) in [5, 5.41) is 2.75. The Bertz CT molecular complexity index is 236. The number of hydrogen-bond donors (Lipinski definition) is 1. The second kappa shape index (κ2) is 3.78. The van der Waals surface area contributed by atoms with Gasteiger partial charge >= 0.3 is 0 Å². The van der Waals surface area contributed by atoms with E-state index in [0.29, 0.717) is 19.4 Å². The van der Waals surface area contributed by atoms with Gasteiger partial charge in [-0.1, -0.05) is 29.8 Å². The van der Waals surface area contributed by atoms with Crippen molar-refractivity contribution >= 4 is 27.6 Å². The van der Waals surface area contributed by atoms with Crippen molar-refractivity contribution < 1.29 is 9.59 Å². The highest BCUT2D eigenvalue weighted by Crippen LogP contribution is 2.33. The minimum atomic E-state index is -0.785. The van der Waals surface area contributed by atoms with Gasteiger partial charge in [0, 0.05) is 6.54 Å². The monoisotopic (exact) mass is 247 g/mol. The van der Waals surface area contributed by atoms with Gasteiger partial charge in [-0.05, 0) is 12.8 Å². The summed E-state index contributed by atoms with van der Waals surface area (Å²) in [6.45, 7) is 4.18. The van der Waals surface area contributed by atoms with E-state index in [1.54, 1.807) is 0 Å². The topological polar surface area (TPSA) is 46.2 Å². The van der Waals surface area contributed by atoms with E-state index in [1.807, 2.05) is 13.8 Å². The van der Waals surface area contributed by atoms with Crippen molar-refractivity contribution in [1.82, 2.24) is 5.32 Å². The minimum absolute atomic E-state index is 0.0289. The van der Waals surface area contributed by atoms with Gasteiger partial charge in [0.15, 0.2) is 5.78 Å². The minimum Gasteiger partial charge on any atom is -0.354 e. The van der Waals surface area contributed by atoms with Crippen LogP contribution in [-0.4, -0.2) is 23.1 Å². The molecule has 0 saturated carbocycles. The van der Waals surface area contributed by atoms with Crippen LogP contribution in [0.25, 0.3) is 0 Å². The molecular formula is C9H14BrNO2. The third-order valence-electron chi connectivity index (χ3n) is 2.84. The number of ketones is 1. The van der Waals surface area contributed by atoms with Crippen molar-refractivity contribution in [3.05, 3.63) is 0 Å². The Balaban J connectivity index is 3.00. The molecule has 3 nitrogen and oxygen atoms in total. The lowest BCUT2D eigenvalue weighted by Gasteiger charge is -2.35. The summed E-state index contributed by atoms with van der Waals surface area (Å²) in [6, 6.07) is 0. The Morgan fingerprint density at radius 2 is 2.00 bits per heavy atom. The predicted molar refractivity (Wildman–Crippen MR) is 53.7 cm³/mol. The molecule has 0 spiro atoms. The van der Waals surface area contributed by atoms with Crippen molar-refractivity contribution in [2.45, 2.75) is 31.5 Å². The van der Waals surface area contributed by atoms with E-state index in [1.165, 1.54) is 0 Å². The molecule has 0 aliphatic carbocycles. The molecule has 1 fully saturated rings. The number of alkyl halides is 1. The molecule has 0 bridgehead atoms. The average molecular weight is 248 g/mol. The standard InChI is InChI=1S/C9H14BrNO2/c1-3-9(4-2)7(12)6(10)5-11-8(9)13/h6H,3-5H2,1-2H3,(H,11,13). The van der Waals surface area contributed by atoms with Crippen LogP contribution in [0.5, 0.6) is 0 Å². The first-order valence-electron chi connectivity index (χ1n) is 4.55. The van der Waals surface area contributed by atoms with Gasteiger partial charge in [0.25, 0.3) is 0 Å². The van der Waals surface area contributed by atoms with E-state index < -0.39 is 5.41 Å². The Labute approximate surface area is 86.4 Å². The fourth-order valence-corrected chi connectivity index (χ4v) is 2.38. The van der Waals surface area contributed by atoms with Crippen LogP contribution in [-0.2, 0) is 9.59 Å². The fraction of sp³-hybridized carbons (Fsp3) is 0.778. The van der Waals surface area contributed by atoms with Crippen molar-refractivity contribution in [3.8, 4) is 0 Å². The van der Waals surface area contributed by atoms with Crippen LogP contribution in [0.2, 0.25) is 0 Å². The van der Waals surface area contributed by atoms with Crippen molar-refractivity contribution in [2.75, 3.05) is 6.54 Å². The molecular weight excluding hydrogens is 234 g/mol. The zero-order chi connectivity index (χ0) is 10.1. The summed E-state index contributed by atoms with van der Waals surface area (Å²) in [7, 11) is 0. The summed E-state index contributed by atoms with van der Waals surface area (Å²) < 4.78 is 0. The van der Waals surface area contributed by atoms with Gasteiger partial charge in [0.05, 0.1) is 4.83 Å². The van der Waals surface area contributed by atoms with Crippen LogP contribution in [0.15, 0.2) is 0 Å². The first kappa shape index (κ1) is 10.7. The van der Waals surface area contributed by atoms with E-state index in [2.05, 4.69) is 21.2 Å². The van der Waals surface area contributed by atoms with Crippen molar-refractivity contribution in [3.63, 3.8) is 0 Å². The van der Waals surface area contributed by atoms with Crippen LogP contribution in [0.3, 0.4) is 0 Å². The number of piperidine rings is 1. The number of hydrogen-bond acceptors (Lipinski definition) is 2. The highest BCUT2D eigenvalue weighted by atomic mass is 79.9. The lowest BCUT2D eigenvalue weighted by molar-refractivity contribution is -0.145. The summed E-state index contributed by atoms with van der Waals surface area (Å²) in [5.74, 6) is -0.0838. The number of carbonyl (C=O) groups excluding carboxylic acids is 2. The number of Topliss-reactive ketones (excluding diaryl/α,β-unsaturated/α-hetero) is 1. The lowest BCUT2D eigenvalue weighted by Crippen LogP contribution is -2.56. The molecule has 0 aromatic carbocycles. The van der Waals surface area contributed by atoms with Gasteiger partial charge in [-0.3, -0.25) is 9.59 Å². The molecule has 0 aromatic rings. The Kier molecular flexibility index (Phi) is 3.11. The number of amides is 1. The fourth-order valence-electron chi connectivity index (χ4n) is 1.78. The van der Waals surface area contributed by atoms with E-state index >= 15 is 0 Å². The maximum Gasteiger partial charge on any atom is 0.233 e. The molecule has 1 atom stereocenters. The first-order valence-corrected chi connectivity index (χ1v) is 5.46. The normalized spacial score (nSPS) is 27.2.